The van der Waals surface area contributed by atoms with Crippen molar-refractivity contribution in [3.8, 4) is 0 Å². The first kappa shape index (κ1) is 41.0. The highest BCUT2D eigenvalue weighted by atomic mass is 35.5. The Balaban J connectivity index is 0.0000101. The highest BCUT2D eigenvalue weighted by Crippen LogP contribution is 2.38. The van der Waals surface area contributed by atoms with E-state index in [0.717, 1.165) is 37.9 Å². The summed E-state index contributed by atoms with van der Waals surface area (Å²) in [5.41, 5.74) is -0.208. The maximum Gasteiger partial charge on any atom is 0.407 e. The molecule has 1 saturated heterocycles. The summed E-state index contributed by atoms with van der Waals surface area (Å²) in [5.74, 6) is 0. The zero-order valence-corrected chi connectivity index (χ0v) is 29.7. The van der Waals surface area contributed by atoms with Gasteiger partial charge in [0.2, 0.25) is 5.69 Å². The van der Waals surface area contributed by atoms with Crippen LogP contribution in [-0.2, 0) is 27.3 Å². The summed E-state index contributed by atoms with van der Waals surface area (Å²) < 4.78 is 19.3. The summed E-state index contributed by atoms with van der Waals surface area (Å²) in [7, 11) is 0. The minimum Gasteiger partial charge on any atom is -1.00 e. The molecule has 0 aromatic carbocycles. The molecule has 1 aliphatic heterocycles. The van der Waals surface area contributed by atoms with Crippen LogP contribution in [0.2, 0.25) is 0 Å². The summed E-state index contributed by atoms with van der Waals surface area (Å²) >= 11 is 0. The van der Waals surface area contributed by atoms with E-state index in [-0.39, 0.29) is 25.6 Å². The van der Waals surface area contributed by atoms with Crippen molar-refractivity contribution in [1.82, 2.24) is 10.6 Å². The fourth-order valence-electron chi connectivity index (χ4n) is 5.97. The number of amides is 2. The van der Waals surface area contributed by atoms with Gasteiger partial charge in [-0.1, -0.05) is 109 Å². The van der Waals surface area contributed by atoms with Crippen LogP contribution in [0, 0.1) is 0 Å². The molecule has 0 spiro atoms. The first-order valence-electron chi connectivity index (χ1n) is 17.8. The second kappa shape index (κ2) is 24.2. The number of aryl methyl sites for hydroxylation is 1. The summed E-state index contributed by atoms with van der Waals surface area (Å²) in [6.45, 7) is 10.4. The zero-order chi connectivity index (χ0) is 31.9. The monoisotopic (exact) mass is 653 g/mol. The molecular formula is C36H64ClN3O5. The number of alkyl carbamates (subject to hydrolysis) is 2. The van der Waals surface area contributed by atoms with Gasteiger partial charge in [0.1, 0.15) is 37.5 Å². The number of hydrogen-bond acceptors (Lipinski definition) is 5. The van der Waals surface area contributed by atoms with Gasteiger partial charge in [-0.15, -0.1) is 0 Å². The number of hydrogen-bond donors (Lipinski definition) is 2. The smallest absolute Gasteiger partial charge is 0.407 e. The largest absolute Gasteiger partial charge is 1.00 e. The van der Waals surface area contributed by atoms with Crippen molar-refractivity contribution >= 4 is 12.2 Å². The number of halogens is 1. The first-order chi connectivity index (χ1) is 21.3. The van der Waals surface area contributed by atoms with E-state index in [1.165, 1.54) is 89.9 Å². The number of nitrogens with one attached hydrogen (secondary N) is 2. The predicted octanol–water partition coefficient (Wildman–Crippen LogP) is 5.54. The molecule has 45 heavy (non-hydrogen) atoms. The van der Waals surface area contributed by atoms with E-state index >= 15 is 0 Å². The van der Waals surface area contributed by atoms with Gasteiger partial charge in [-0.25, -0.2) is 14.2 Å². The molecule has 0 bridgehead atoms. The van der Waals surface area contributed by atoms with E-state index in [1.54, 1.807) is 0 Å². The Hall–Kier alpha value is -2.06. The van der Waals surface area contributed by atoms with Crippen molar-refractivity contribution in [2.75, 3.05) is 19.8 Å². The molecular weight excluding hydrogens is 590 g/mol. The quantitative estimate of drug-likeness (QED) is 0.113. The first-order valence-corrected chi connectivity index (χ1v) is 17.8. The minimum absolute atomic E-state index is 0. The van der Waals surface area contributed by atoms with Crippen molar-refractivity contribution in [2.24, 2.45) is 0 Å². The number of unbranched alkanes of at least 4 members (excludes halogenated alkanes) is 15. The predicted molar refractivity (Wildman–Crippen MR) is 177 cm³/mol. The van der Waals surface area contributed by atoms with E-state index in [4.69, 9.17) is 14.2 Å². The molecule has 8 nitrogen and oxygen atoms in total. The molecule has 2 unspecified atom stereocenters. The third-order valence-corrected chi connectivity index (χ3v) is 8.78. The average molecular weight is 654 g/mol. The lowest BCUT2D eigenvalue weighted by molar-refractivity contribution is -0.701. The Morgan fingerprint density at radius 1 is 0.733 bits per heavy atom. The molecule has 1 aromatic heterocycles. The molecule has 2 rings (SSSR count). The van der Waals surface area contributed by atoms with Crippen molar-refractivity contribution in [3.05, 3.63) is 30.1 Å². The maximum atomic E-state index is 12.3. The number of aromatic nitrogens is 1. The lowest BCUT2D eigenvalue weighted by Gasteiger charge is -2.29. The maximum absolute atomic E-state index is 12.3. The van der Waals surface area contributed by atoms with E-state index in [0.29, 0.717) is 13.1 Å². The highest BCUT2D eigenvalue weighted by Gasteiger charge is 2.45. The van der Waals surface area contributed by atoms with Crippen molar-refractivity contribution in [2.45, 2.75) is 168 Å². The van der Waals surface area contributed by atoms with Crippen molar-refractivity contribution in [3.63, 3.8) is 0 Å². The third-order valence-electron chi connectivity index (χ3n) is 8.78. The van der Waals surface area contributed by atoms with Crippen LogP contribution < -0.4 is 27.6 Å². The lowest BCUT2D eigenvalue weighted by atomic mass is 9.99. The van der Waals surface area contributed by atoms with Crippen molar-refractivity contribution < 1.29 is 40.8 Å². The van der Waals surface area contributed by atoms with Gasteiger partial charge < -0.3 is 37.3 Å². The molecule has 0 aliphatic carbocycles. The average Bonchev–Trinajstić information content (AvgIpc) is 3.34. The molecule has 2 atom stereocenters. The van der Waals surface area contributed by atoms with Crippen LogP contribution in [0.1, 0.15) is 149 Å². The topological polar surface area (TPSA) is 89.8 Å². The van der Waals surface area contributed by atoms with Gasteiger partial charge >= 0.3 is 12.2 Å². The van der Waals surface area contributed by atoms with Gasteiger partial charge in [-0.3, -0.25) is 0 Å². The molecule has 2 heterocycles. The number of carbonyl (C=O) groups is 2. The van der Waals surface area contributed by atoms with Crippen LogP contribution in [0.3, 0.4) is 0 Å². The molecule has 1 aromatic rings. The normalized spacial score (nSPS) is 19.1. The van der Waals surface area contributed by atoms with Crippen LogP contribution >= 0.6 is 0 Å². The molecule has 1 fully saturated rings. The fraction of sp³-hybridized carbons (Fsp3) is 0.806. The van der Waals surface area contributed by atoms with Gasteiger partial charge in [0, 0.05) is 18.7 Å². The Bertz CT molecular complexity index is 936. The van der Waals surface area contributed by atoms with Gasteiger partial charge in [-0.2, -0.15) is 0 Å². The second-order valence-corrected chi connectivity index (χ2v) is 13.2. The second-order valence-electron chi connectivity index (χ2n) is 13.2. The van der Waals surface area contributed by atoms with Gasteiger partial charge in [0.05, 0.1) is 0 Å². The number of ether oxygens (including phenoxy) is 3. The van der Waals surface area contributed by atoms with Crippen LogP contribution in [0.15, 0.2) is 24.4 Å². The molecule has 0 radical (unpaired) electrons. The molecule has 9 heteroatoms. The summed E-state index contributed by atoms with van der Waals surface area (Å²) in [6, 6.07) is 5.90. The minimum atomic E-state index is -0.616. The lowest BCUT2D eigenvalue weighted by Crippen LogP contribution is -3.00. The van der Waals surface area contributed by atoms with Gasteiger partial charge in [0.15, 0.2) is 6.20 Å². The molecule has 0 saturated carbocycles. The standard InChI is InChI=1S/C36H63N3O5.ClH/c1-5-7-8-9-10-11-12-13-14-15-16-17-18-19-20-22-27-37-33(40)42-30-35(3)25-26-36(4,44-35)31-43-34(41)38-29-32-24-21-23-28-39(32)6-2;/h21,23-24,28H,5-20,22,25-27,29-31H2,1-4H3,(H-,37,38,40,41);1H. The van der Waals surface area contributed by atoms with Crippen molar-refractivity contribution in [1.29, 1.82) is 0 Å². The van der Waals surface area contributed by atoms with Crippen LogP contribution in [0.5, 0.6) is 0 Å². The van der Waals surface area contributed by atoms with E-state index < -0.39 is 23.4 Å². The van der Waals surface area contributed by atoms with Crippen LogP contribution in [0.25, 0.3) is 0 Å². The number of carbonyl (C=O) groups excluding carboxylic acids is 2. The molecule has 1 aliphatic rings. The fourth-order valence-corrected chi connectivity index (χ4v) is 5.97. The number of nitrogens with zero attached hydrogens (tertiary/aromatic N) is 1. The van der Waals surface area contributed by atoms with Crippen LogP contribution in [0.4, 0.5) is 9.59 Å². The Morgan fingerprint density at radius 2 is 1.20 bits per heavy atom. The Morgan fingerprint density at radius 3 is 1.69 bits per heavy atom. The number of pyridine rings is 1. The molecule has 2 N–H and O–H groups in total. The Kier molecular flexibility index (Phi) is 22.0. The van der Waals surface area contributed by atoms with Gasteiger partial charge in [-0.05, 0) is 40.0 Å². The van der Waals surface area contributed by atoms with E-state index in [1.807, 2.05) is 38.2 Å². The van der Waals surface area contributed by atoms with Crippen LogP contribution in [-0.4, -0.2) is 43.1 Å². The Labute approximate surface area is 280 Å². The van der Waals surface area contributed by atoms with E-state index in [2.05, 4.69) is 29.0 Å². The summed E-state index contributed by atoms with van der Waals surface area (Å²) in [5, 5.41) is 5.69. The summed E-state index contributed by atoms with van der Waals surface area (Å²) in [6.07, 6.45) is 23.9. The zero-order valence-electron chi connectivity index (χ0n) is 28.9. The number of rotatable bonds is 24. The summed E-state index contributed by atoms with van der Waals surface area (Å²) in [4.78, 5) is 24.6. The van der Waals surface area contributed by atoms with Gasteiger partial charge in [0.25, 0.3) is 0 Å². The molecule has 2 amide bonds. The third kappa shape index (κ3) is 18.6. The SMILES string of the molecule is CCCCCCCCCCCCCCCCCCNC(=O)OCC1(C)CCC(C)(COC(=O)NCc2cccc[n+]2CC)O1.[Cl-]. The molecule has 260 valence electrons. The van der Waals surface area contributed by atoms with E-state index in [9.17, 15) is 9.59 Å². The highest BCUT2D eigenvalue weighted by molar-refractivity contribution is 5.67.